The summed E-state index contributed by atoms with van der Waals surface area (Å²) in [4.78, 5) is 29.5. The Kier molecular flexibility index (Phi) is 3.23. The van der Waals surface area contributed by atoms with Crippen LogP contribution in [0, 0.1) is 0 Å². The quantitative estimate of drug-likeness (QED) is 0.621. The van der Waals surface area contributed by atoms with Crippen molar-refractivity contribution in [2.24, 2.45) is 0 Å². The van der Waals surface area contributed by atoms with E-state index in [1.807, 2.05) is 0 Å². The molecule has 0 unspecified atom stereocenters. The second-order valence-corrected chi connectivity index (χ2v) is 5.82. The molecule has 1 aliphatic rings. The van der Waals surface area contributed by atoms with Crippen molar-refractivity contribution in [3.63, 3.8) is 0 Å². The minimum atomic E-state index is -3.51. The summed E-state index contributed by atoms with van der Waals surface area (Å²) in [5.74, 6) is -0.221. The van der Waals surface area contributed by atoms with E-state index in [4.69, 9.17) is 9.79 Å². The maximum absolute atomic E-state index is 11.2. The van der Waals surface area contributed by atoms with Gasteiger partial charge in [-0.05, 0) is 24.6 Å². The lowest BCUT2D eigenvalue weighted by Crippen LogP contribution is -2.26. The lowest BCUT2D eigenvalue weighted by atomic mass is 10.2. The van der Waals surface area contributed by atoms with E-state index >= 15 is 0 Å². The Bertz CT molecular complexity index is 227. The first-order valence-electron chi connectivity index (χ1n) is 3.88. The normalized spacial score (nSPS) is 20.8. The molecule has 0 atom stereocenters. The van der Waals surface area contributed by atoms with Crippen LogP contribution in [-0.4, -0.2) is 26.9 Å². The van der Waals surface area contributed by atoms with Crippen LogP contribution in [0.5, 0.6) is 0 Å². The van der Waals surface area contributed by atoms with Gasteiger partial charge in [-0.25, -0.2) is 0 Å². The molecule has 1 heterocycles. The molecule has 0 saturated carbocycles. The second-order valence-electron chi connectivity index (χ2n) is 2.84. The van der Waals surface area contributed by atoms with Gasteiger partial charge < -0.3 is 9.79 Å². The molecule has 0 aromatic carbocycles. The van der Waals surface area contributed by atoms with Gasteiger partial charge in [0.25, 0.3) is 6.64 Å². The first-order chi connectivity index (χ1) is 5.52. The molecule has 6 heteroatoms. The molecule has 1 amide bonds. The van der Waals surface area contributed by atoms with Crippen molar-refractivity contribution >= 4 is 24.4 Å². The van der Waals surface area contributed by atoms with Gasteiger partial charge in [0.2, 0.25) is 5.91 Å². The van der Waals surface area contributed by atoms with Gasteiger partial charge >= 0.3 is 0 Å². The van der Waals surface area contributed by atoms with Gasteiger partial charge in [0.05, 0.1) is 0 Å². The predicted molar refractivity (Wildman–Crippen MR) is 48.9 cm³/mol. The molecule has 70 valence electrons. The van der Waals surface area contributed by atoms with Gasteiger partial charge in [-0.3, -0.25) is 9.46 Å². The minimum Gasteiger partial charge on any atom is -0.329 e. The maximum atomic E-state index is 11.2. The van der Waals surface area contributed by atoms with E-state index in [0.29, 0.717) is 13.0 Å². The van der Waals surface area contributed by atoms with Crippen LogP contribution in [0.25, 0.3) is 0 Å². The molecule has 0 radical (unpaired) electrons. The zero-order valence-corrected chi connectivity index (χ0v) is 8.35. The van der Waals surface area contributed by atoms with E-state index in [-0.39, 0.29) is 5.91 Å². The van der Waals surface area contributed by atoms with Crippen molar-refractivity contribution in [3.8, 4) is 0 Å². The van der Waals surface area contributed by atoms with Crippen molar-refractivity contribution in [2.75, 3.05) is 6.54 Å². The Morgan fingerprint density at radius 1 is 1.33 bits per heavy atom. The van der Waals surface area contributed by atoms with Gasteiger partial charge in [-0.15, -0.1) is 0 Å². The fourth-order valence-corrected chi connectivity index (χ4v) is 2.55. The fraction of sp³-hybridized carbons (Fsp3) is 0.833. The Morgan fingerprint density at radius 2 is 2.00 bits per heavy atom. The number of hydrogen-bond acceptors (Lipinski definition) is 2. The zero-order chi connectivity index (χ0) is 9.19. The summed E-state index contributed by atoms with van der Waals surface area (Å²) in [6.45, 7) is -3.12. The van der Waals surface area contributed by atoms with Crippen LogP contribution >= 0.6 is 6.64 Å². The van der Waals surface area contributed by atoms with Crippen LogP contribution in [-0.2, 0) is 16.6 Å². The summed E-state index contributed by atoms with van der Waals surface area (Å²) in [5.41, 5.74) is 0. The van der Waals surface area contributed by atoms with Crippen molar-refractivity contribution < 1.29 is 14.6 Å². The summed E-state index contributed by atoms with van der Waals surface area (Å²) >= 11 is 4.47. The standard InChI is InChI=1S/C6H12NO3PS/c8-6-4-2-1-3-5-7(6)11(9,10)12/h1-5H2,(H2,9,10,12). The molecule has 2 N–H and O–H groups in total. The third-order valence-electron chi connectivity index (χ3n) is 1.86. The molecule has 1 rings (SSSR count). The number of amides is 1. The summed E-state index contributed by atoms with van der Waals surface area (Å²) in [7, 11) is 0. The highest BCUT2D eigenvalue weighted by Gasteiger charge is 2.26. The topological polar surface area (TPSA) is 60.8 Å². The molecule has 0 aromatic rings. The molecule has 4 nitrogen and oxygen atoms in total. The fourth-order valence-electron chi connectivity index (χ4n) is 1.24. The van der Waals surface area contributed by atoms with E-state index in [9.17, 15) is 4.79 Å². The molecule has 12 heavy (non-hydrogen) atoms. The summed E-state index contributed by atoms with van der Waals surface area (Å²) in [6, 6.07) is 0. The Balaban J connectivity index is 2.73. The van der Waals surface area contributed by atoms with Gasteiger partial charge in [-0.2, -0.15) is 0 Å². The lowest BCUT2D eigenvalue weighted by molar-refractivity contribution is -0.126. The van der Waals surface area contributed by atoms with Gasteiger partial charge in [0.1, 0.15) is 0 Å². The highest BCUT2D eigenvalue weighted by atomic mass is 32.5. The third-order valence-corrected chi connectivity index (χ3v) is 3.51. The number of hydrogen-bond donors (Lipinski definition) is 2. The molecule has 1 aliphatic heterocycles. The Hall–Kier alpha value is 0.0400. The van der Waals surface area contributed by atoms with E-state index < -0.39 is 6.64 Å². The molecule has 1 saturated heterocycles. The highest BCUT2D eigenvalue weighted by Crippen LogP contribution is 2.42. The number of nitrogens with zero attached hydrogens (tertiary/aromatic N) is 1. The van der Waals surface area contributed by atoms with Crippen molar-refractivity contribution in [3.05, 3.63) is 0 Å². The third kappa shape index (κ3) is 2.52. The van der Waals surface area contributed by atoms with Crippen LogP contribution in [0.4, 0.5) is 0 Å². The van der Waals surface area contributed by atoms with Crippen LogP contribution in [0.15, 0.2) is 0 Å². The smallest absolute Gasteiger partial charge is 0.287 e. The second kappa shape index (κ2) is 3.83. The van der Waals surface area contributed by atoms with Gasteiger partial charge in [-0.1, -0.05) is 6.42 Å². The molecule has 1 fully saturated rings. The van der Waals surface area contributed by atoms with Crippen LogP contribution in [0.1, 0.15) is 25.7 Å². The van der Waals surface area contributed by atoms with E-state index in [0.717, 1.165) is 23.9 Å². The first kappa shape index (κ1) is 10.1. The maximum Gasteiger partial charge on any atom is 0.287 e. The molecule has 0 aliphatic carbocycles. The van der Waals surface area contributed by atoms with Crippen LogP contribution in [0.3, 0.4) is 0 Å². The largest absolute Gasteiger partial charge is 0.329 e. The van der Waals surface area contributed by atoms with Gasteiger partial charge in [0, 0.05) is 13.0 Å². The van der Waals surface area contributed by atoms with Crippen molar-refractivity contribution in [2.45, 2.75) is 25.7 Å². The summed E-state index contributed by atoms with van der Waals surface area (Å²) in [6.07, 6.45) is 2.98. The van der Waals surface area contributed by atoms with Crippen LogP contribution < -0.4 is 0 Å². The zero-order valence-electron chi connectivity index (χ0n) is 6.64. The number of carbonyl (C=O) groups excluding carboxylic acids is 1. The molecule has 0 spiro atoms. The predicted octanol–water partition coefficient (Wildman–Crippen LogP) is 0.598. The molecule has 0 bridgehead atoms. The molecule has 0 aromatic heterocycles. The van der Waals surface area contributed by atoms with Gasteiger partial charge in [0.15, 0.2) is 0 Å². The summed E-state index contributed by atoms with van der Waals surface area (Å²) < 4.78 is 1.05. The average molecular weight is 209 g/mol. The molecular weight excluding hydrogens is 197 g/mol. The number of rotatable bonds is 1. The molecular formula is C6H12NO3PS. The SMILES string of the molecule is O=C1CCCCCN1P(O)(O)=S. The van der Waals surface area contributed by atoms with E-state index in [1.165, 1.54) is 0 Å². The summed E-state index contributed by atoms with van der Waals surface area (Å²) in [5, 5.41) is 0. The highest BCUT2D eigenvalue weighted by molar-refractivity contribution is 8.08. The van der Waals surface area contributed by atoms with E-state index in [2.05, 4.69) is 11.8 Å². The lowest BCUT2D eigenvalue weighted by Gasteiger charge is -2.24. The number of carbonyl (C=O) groups is 1. The first-order valence-corrected chi connectivity index (χ1v) is 6.54. The average Bonchev–Trinajstić information content (AvgIpc) is 2.11. The van der Waals surface area contributed by atoms with E-state index in [1.54, 1.807) is 0 Å². The van der Waals surface area contributed by atoms with Crippen molar-refractivity contribution in [1.29, 1.82) is 0 Å². The Labute approximate surface area is 76.4 Å². The monoisotopic (exact) mass is 209 g/mol. The van der Waals surface area contributed by atoms with Crippen LogP contribution in [0.2, 0.25) is 0 Å². The minimum absolute atomic E-state index is 0.221. The van der Waals surface area contributed by atoms with Crippen molar-refractivity contribution in [1.82, 2.24) is 4.67 Å². The Morgan fingerprint density at radius 3 is 2.58 bits per heavy atom.